The van der Waals surface area contributed by atoms with Gasteiger partial charge in [0.1, 0.15) is 16.5 Å². The molecule has 1 aliphatic heterocycles. The smallest absolute Gasteiger partial charge is 0.343 e. The molecule has 0 atom stereocenters. The van der Waals surface area contributed by atoms with Crippen LogP contribution in [-0.2, 0) is 16.6 Å². The highest BCUT2D eigenvalue weighted by molar-refractivity contribution is 7.94. The SMILES string of the molecule is CCOc1ccc(N2C(=O)N(Cc3ccc(F)cc3)c3ccccc3S2(=O)=O)cc1. The van der Waals surface area contributed by atoms with Gasteiger partial charge in [-0.3, -0.25) is 4.90 Å². The maximum atomic E-state index is 13.4. The molecule has 4 rings (SSSR count). The number of hydrogen-bond acceptors (Lipinski definition) is 4. The fraction of sp³-hybridized carbons (Fsp3) is 0.136. The summed E-state index contributed by atoms with van der Waals surface area (Å²) in [5.41, 5.74) is 1.17. The van der Waals surface area contributed by atoms with Crippen molar-refractivity contribution in [3.05, 3.63) is 84.2 Å². The van der Waals surface area contributed by atoms with E-state index in [1.165, 1.54) is 35.2 Å². The Balaban J connectivity index is 1.79. The molecule has 0 saturated carbocycles. The summed E-state index contributed by atoms with van der Waals surface area (Å²) in [5, 5.41) is 0. The van der Waals surface area contributed by atoms with Crippen molar-refractivity contribution in [1.82, 2.24) is 0 Å². The van der Waals surface area contributed by atoms with Gasteiger partial charge in [0.25, 0.3) is 10.0 Å². The third-order valence-electron chi connectivity index (χ3n) is 4.72. The van der Waals surface area contributed by atoms with E-state index in [-0.39, 0.29) is 28.6 Å². The van der Waals surface area contributed by atoms with Crippen LogP contribution < -0.4 is 13.9 Å². The van der Waals surface area contributed by atoms with Crippen molar-refractivity contribution in [2.75, 3.05) is 15.8 Å². The molecule has 1 heterocycles. The highest BCUT2D eigenvalue weighted by Gasteiger charge is 2.42. The average molecular weight is 426 g/mol. The molecule has 6 nitrogen and oxygen atoms in total. The van der Waals surface area contributed by atoms with E-state index in [0.29, 0.717) is 17.9 Å². The summed E-state index contributed by atoms with van der Waals surface area (Å²) in [6, 6.07) is 17.7. The molecule has 1 aliphatic rings. The molecule has 154 valence electrons. The minimum Gasteiger partial charge on any atom is -0.494 e. The first-order chi connectivity index (χ1) is 14.4. The van der Waals surface area contributed by atoms with Gasteiger partial charge in [0, 0.05) is 0 Å². The van der Waals surface area contributed by atoms with Crippen LogP contribution in [0.25, 0.3) is 0 Å². The number of amides is 2. The van der Waals surface area contributed by atoms with Crippen LogP contribution in [-0.4, -0.2) is 21.1 Å². The number of fused-ring (bicyclic) bond motifs is 1. The standard InChI is InChI=1S/C22H19FN2O4S/c1-2-29-19-13-11-18(12-14-19)25-22(26)24(15-16-7-9-17(23)10-8-16)20-5-3-4-6-21(20)30(25,27)28/h3-14H,2,15H2,1H3. The third-order valence-corrected chi connectivity index (χ3v) is 6.46. The van der Waals surface area contributed by atoms with Crippen molar-refractivity contribution in [2.24, 2.45) is 0 Å². The number of hydrogen-bond donors (Lipinski definition) is 0. The number of nitrogens with zero attached hydrogens (tertiary/aromatic N) is 2. The highest BCUT2D eigenvalue weighted by Crippen LogP contribution is 2.38. The second-order valence-electron chi connectivity index (χ2n) is 6.66. The number of sulfonamides is 1. The zero-order chi connectivity index (χ0) is 21.3. The zero-order valence-electron chi connectivity index (χ0n) is 16.2. The van der Waals surface area contributed by atoms with Gasteiger partial charge in [-0.25, -0.2) is 17.6 Å². The first-order valence-corrected chi connectivity index (χ1v) is 10.8. The summed E-state index contributed by atoms with van der Waals surface area (Å²) < 4.78 is 46.0. The van der Waals surface area contributed by atoms with E-state index in [1.807, 2.05) is 6.92 Å². The quantitative estimate of drug-likeness (QED) is 0.600. The van der Waals surface area contributed by atoms with E-state index in [4.69, 9.17) is 4.74 Å². The molecule has 0 aromatic heterocycles. The number of anilines is 2. The second kappa shape index (κ2) is 7.79. The molecular formula is C22H19FN2O4S. The molecule has 3 aromatic carbocycles. The minimum atomic E-state index is -4.10. The summed E-state index contributed by atoms with van der Waals surface area (Å²) >= 11 is 0. The van der Waals surface area contributed by atoms with Crippen molar-refractivity contribution in [3.63, 3.8) is 0 Å². The summed E-state index contributed by atoms with van der Waals surface area (Å²) in [6.07, 6.45) is 0. The van der Waals surface area contributed by atoms with Gasteiger partial charge in [-0.1, -0.05) is 24.3 Å². The van der Waals surface area contributed by atoms with E-state index < -0.39 is 16.1 Å². The molecule has 0 unspecified atom stereocenters. The predicted molar refractivity (Wildman–Crippen MR) is 112 cm³/mol. The Labute approximate surface area is 174 Å². The fourth-order valence-electron chi connectivity index (χ4n) is 3.33. The van der Waals surface area contributed by atoms with Gasteiger partial charge in [-0.15, -0.1) is 0 Å². The van der Waals surface area contributed by atoms with Gasteiger partial charge < -0.3 is 4.74 Å². The van der Waals surface area contributed by atoms with E-state index in [0.717, 1.165) is 4.31 Å². The second-order valence-corrected chi connectivity index (χ2v) is 8.41. The van der Waals surface area contributed by atoms with Gasteiger partial charge in [-0.2, -0.15) is 4.31 Å². The van der Waals surface area contributed by atoms with Gasteiger partial charge in [0.2, 0.25) is 0 Å². The summed E-state index contributed by atoms with van der Waals surface area (Å²) in [4.78, 5) is 14.8. The number of halogens is 1. The van der Waals surface area contributed by atoms with Crippen LogP contribution in [0.5, 0.6) is 5.75 Å². The van der Waals surface area contributed by atoms with Gasteiger partial charge in [0.15, 0.2) is 0 Å². The highest BCUT2D eigenvalue weighted by atomic mass is 32.2. The maximum absolute atomic E-state index is 13.4. The number of carbonyl (C=O) groups is 1. The number of carbonyl (C=O) groups excluding carboxylic acids is 1. The minimum absolute atomic E-state index is 0.0283. The first-order valence-electron chi connectivity index (χ1n) is 9.35. The van der Waals surface area contributed by atoms with Gasteiger partial charge in [0.05, 0.1) is 24.5 Å². The van der Waals surface area contributed by atoms with Crippen LogP contribution in [0, 0.1) is 5.82 Å². The maximum Gasteiger partial charge on any atom is 0.343 e. The molecule has 0 radical (unpaired) electrons. The fourth-order valence-corrected chi connectivity index (χ4v) is 4.92. The Hall–Kier alpha value is -3.39. The number of rotatable bonds is 5. The third kappa shape index (κ3) is 3.50. The number of urea groups is 1. The van der Waals surface area contributed by atoms with Gasteiger partial charge >= 0.3 is 6.03 Å². The van der Waals surface area contributed by atoms with Gasteiger partial charge in [-0.05, 0) is 61.0 Å². The molecule has 0 aliphatic carbocycles. The first kappa shape index (κ1) is 19.9. The lowest BCUT2D eigenvalue weighted by Gasteiger charge is -2.36. The Morgan fingerprint density at radius 3 is 2.27 bits per heavy atom. The van der Waals surface area contributed by atoms with Crippen molar-refractivity contribution >= 4 is 27.4 Å². The predicted octanol–water partition coefficient (Wildman–Crippen LogP) is 4.56. The Morgan fingerprint density at radius 2 is 1.60 bits per heavy atom. The van der Waals surface area contributed by atoms with Crippen molar-refractivity contribution in [2.45, 2.75) is 18.4 Å². The molecular weight excluding hydrogens is 407 g/mol. The lowest BCUT2D eigenvalue weighted by molar-refractivity contribution is 0.253. The monoisotopic (exact) mass is 426 g/mol. The van der Waals surface area contributed by atoms with Crippen molar-refractivity contribution in [3.8, 4) is 5.75 Å². The lowest BCUT2D eigenvalue weighted by atomic mass is 10.2. The molecule has 8 heteroatoms. The lowest BCUT2D eigenvalue weighted by Crippen LogP contribution is -2.50. The number of para-hydroxylation sites is 1. The van der Waals surface area contributed by atoms with E-state index >= 15 is 0 Å². The van der Waals surface area contributed by atoms with E-state index in [2.05, 4.69) is 0 Å². The number of benzene rings is 3. The molecule has 2 amide bonds. The van der Waals surface area contributed by atoms with Crippen LogP contribution >= 0.6 is 0 Å². The average Bonchev–Trinajstić information content (AvgIpc) is 2.74. The Morgan fingerprint density at radius 1 is 0.933 bits per heavy atom. The van der Waals surface area contributed by atoms with Crippen LogP contribution in [0.2, 0.25) is 0 Å². The summed E-state index contributed by atoms with van der Waals surface area (Å²) in [7, 11) is -4.10. The van der Waals surface area contributed by atoms with Crippen molar-refractivity contribution < 1.29 is 22.3 Å². The molecule has 30 heavy (non-hydrogen) atoms. The molecule has 0 spiro atoms. The normalized spacial score (nSPS) is 15.1. The molecule has 3 aromatic rings. The molecule has 0 bridgehead atoms. The Kier molecular flexibility index (Phi) is 5.17. The molecule has 0 fully saturated rings. The van der Waals surface area contributed by atoms with Crippen LogP contribution in [0.3, 0.4) is 0 Å². The number of ether oxygens (including phenoxy) is 1. The summed E-state index contributed by atoms with van der Waals surface area (Å²) in [6.45, 7) is 2.41. The van der Waals surface area contributed by atoms with E-state index in [9.17, 15) is 17.6 Å². The Bertz CT molecular complexity index is 1180. The zero-order valence-corrected chi connectivity index (χ0v) is 17.0. The summed E-state index contributed by atoms with van der Waals surface area (Å²) in [5.74, 6) is 0.189. The molecule has 0 saturated heterocycles. The van der Waals surface area contributed by atoms with Crippen LogP contribution in [0.4, 0.5) is 20.6 Å². The largest absolute Gasteiger partial charge is 0.494 e. The van der Waals surface area contributed by atoms with E-state index in [1.54, 1.807) is 42.5 Å². The topological polar surface area (TPSA) is 66.9 Å². The van der Waals surface area contributed by atoms with Crippen LogP contribution in [0.1, 0.15) is 12.5 Å². The van der Waals surface area contributed by atoms with Crippen molar-refractivity contribution in [1.29, 1.82) is 0 Å². The van der Waals surface area contributed by atoms with Crippen LogP contribution in [0.15, 0.2) is 77.7 Å². The molecule has 0 N–H and O–H groups in total.